The van der Waals surface area contributed by atoms with Crippen molar-refractivity contribution >= 4 is 23.7 Å². The summed E-state index contributed by atoms with van der Waals surface area (Å²) in [7, 11) is 3.30. The van der Waals surface area contributed by atoms with Crippen LogP contribution in [0.4, 0.5) is 0 Å². The van der Waals surface area contributed by atoms with E-state index in [0.29, 0.717) is 0 Å². The summed E-state index contributed by atoms with van der Waals surface area (Å²) in [4.78, 5) is 52.8. The van der Waals surface area contributed by atoms with Crippen molar-refractivity contribution in [2.75, 3.05) is 20.6 Å². The molecule has 1 saturated heterocycles. The summed E-state index contributed by atoms with van der Waals surface area (Å²) in [6.45, 7) is 0.683. The van der Waals surface area contributed by atoms with E-state index >= 15 is 0 Å². The Morgan fingerprint density at radius 1 is 1.38 bits per heavy atom. The van der Waals surface area contributed by atoms with E-state index in [1.54, 1.807) is 32.8 Å². The van der Waals surface area contributed by atoms with E-state index in [2.05, 4.69) is 4.84 Å². The van der Waals surface area contributed by atoms with Crippen LogP contribution in [0, 0.1) is 5.92 Å². The summed E-state index contributed by atoms with van der Waals surface area (Å²) in [6.07, 6.45) is -0.199. The van der Waals surface area contributed by atoms with Gasteiger partial charge in [-0.15, -0.1) is 5.06 Å². The van der Waals surface area contributed by atoms with Crippen LogP contribution in [0.5, 0.6) is 0 Å². The molecule has 8 heteroatoms. The van der Waals surface area contributed by atoms with E-state index in [4.69, 9.17) is 2.74 Å². The van der Waals surface area contributed by atoms with Crippen molar-refractivity contribution in [1.29, 1.82) is 0 Å². The Labute approximate surface area is 126 Å². The zero-order valence-corrected chi connectivity index (χ0v) is 12.5. The number of nitrogens with one attached hydrogen (secondary N) is 1. The van der Waals surface area contributed by atoms with Crippen molar-refractivity contribution in [3.8, 4) is 0 Å². The molecule has 0 bridgehead atoms. The van der Waals surface area contributed by atoms with Crippen molar-refractivity contribution < 1.29 is 26.8 Å². The van der Waals surface area contributed by atoms with Crippen LogP contribution >= 0.6 is 0 Å². The van der Waals surface area contributed by atoms with Gasteiger partial charge in [-0.05, 0) is 20.0 Å². The van der Waals surface area contributed by atoms with Gasteiger partial charge in [0.1, 0.15) is 6.50 Å². The number of rotatable bonds is 6. The lowest BCUT2D eigenvalue weighted by Crippen LogP contribution is -2.48. The molecular weight excluding hydrogens is 284 g/mol. The van der Waals surface area contributed by atoms with Crippen LogP contribution in [0.15, 0.2) is 0 Å². The maximum absolute atomic E-state index is 12.2. The monoisotopic (exact) mass is 307 g/mol. The van der Waals surface area contributed by atoms with Crippen molar-refractivity contribution in [3.05, 3.63) is 0 Å². The Balaban J connectivity index is 2.77. The van der Waals surface area contributed by atoms with Gasteiger partial charge in [0.05, 0.1) is 8.78 Å². The molecule has 0 saturated carbocycles. The number of amides is 3. The van der Waals surface area contributed by atoms with Crippen LogP contribution in [0.3, 0.4) is 0 Å². The number of imide groups is 1. The molecule has 8 nitrogen and oxygen atoms in total. The number of hydroxylamine groups is 2. The second-order valence-electron chi connectivity index (χ2n) is 5.23. The van der Waals surface area contributed by atoms with Crippen LogP contribution in [0.2, 0.25) is 0 Å². The van der Waals surface area contributed by atoms with E-state index < -0.39 is 36.2 Å². The second-order valence-corrected chi connectivity index (χ2v) is 5.23. The highest BCUT2D eigenvalue weighted by Crippen LogP contribution is 2.12. The Hall–Kier alpha value is -1.96. The van der Waals surface area contributed by atoms with Gasteiger partial charge in [-0.3, -0.25) is 19.3 Å². The molecule has 1 fully saturated rings. The highest BCUT2D eigenvalue weighted by atomic mass is 18.1. The molecule has 1 unspecified atom stereocenters. The lowest BCUT2D eigenvalue weighted by Gasteiger charge is -2.26. The number of hydrogen-bond donors (Lipinski definition) is 1. The minimum Gasteiger partial charge on any atom is -0.344 e. The normalized spacial score (nSPS) is 18.7. The number of carbonyl (C=O) groups excluding carboxylic acids is 4. The maximum atomic E-state index is 12.2. The van der Waals surface area contributed by atoms with Crippen LogP contribution in [0.1, 0.15) is 29.4 Å². The van der Waals surface area contributed by atoms with Crippen molar-refractivity contribution in [3.63, 3.8) is 0 Å². The minimum absolute atomic E-state index is 0.0997. The molecule has 1 heterocycles. The Morgan fingerprint density at radius 3 is 2.33 bits per heavy atom. The number of likely N-dealkylation sites (N-methyl/N-ethyl adjacent to an activating group) is 1. The highest BCUT2D eigenvalue weighted by molar-refractivity contribution is 6.01. The standard InChI is InChI=1S/C13H21N3O5/c1-8(2)12(15(3)4)13(20)14-7-11(19)21-16-9(17)5-6-10(16)18/h8,12H,5-7H2,1-4H3,(H,14,20)/i7D2,13+1,15+1,19+2,20+2. The van der Waals surface area contributed by atoms with Crippen LogP contribution in [-0.4, -0.2) is 60.3 Å². The third kappa shape index (κ3) is 4.52. The molecule has 0 aliphatic carbocycles. The van der Waals surface area contributed by atoms with Crippen LogP contribution in [-0.2, 0) is 24.0 Å². The van der Waals surface area contributed by atoms with Gasteiger partial charge in [0.2, 0.25) is 5.91 Å². The quantitative estimate of drug-likeness (QED) is 0.302. The van der Waals surface area contributed by atoms with Crippen LogP contribution < -0.4 is 5.32 Å². The molecule has 0 aromatic rings. The third-order valence-corrected chi connectivity index (χ3v) is 2.92. The van der Waals surface area contributed by atoms with Gasteiger partial charge in [0.25, 0.3) is 11.8 Å². The predicted octanol–water partition coefficient (Wildman–Crippen LogP) is -0.704. The van der Waals surface area contributed by atoms with E-state index in [9.17, 15) is 19.2 Å². The predicted molar refractivity (Wildman–Crippen MR) is 72.5 cm³/mol. The molecule has 1 atom stereocenters. The summed E-state index contributed by atoms with van der Waals surface area (Å²) in [6, 6.07) is -0.659. The maximum Gasteiger partial charge on any atom is 0.352 e. The number of nitrogens with zero attached hydrogens (tertiary/aromatic N) is 2. The molecule has 1 aliphatic rings. The molecule has 1 rings (SSSR count). The summed E-state index contributed by atoms with van der Waals surface area (Å²) in [5.41, 5.74) is 0. The van der Waals surface area contributed by atoms with Gasteiger partial charge in [0.15, 0.2) is 0 Å². The molecule has 0 radical (unpaired) electrons. The number of hydrogen-bond acceptors (Lipinski definition) is 6. The lowest BCUT2D eigenvalue weighted by atomic mass is 10.1. The van der Waals surface area contributed by atoms with Crippen molar-refractivity contribution in [1.82, 2.24) is 15.3 Å². The average Bonchev–Trinajstić information content (AvgIpc) is 2.68. The second kappa shape index (κ2) is 7.16. The summed E-state index contributed by atoms with van der Waals surface area (Å²) >= 11 is 0. The smallest absolute Gasteiger partial charge is 0.344 e. The summed E-state index contributed by atoms with van der Waals surface area (Å²) in [5.74, 6) is -3.81. The topological polar surface area (TPSA) is 96.0 Å². The summed E-state index contributed by atoms with van der Waals surface area (Å²) in [5, 5.41) is 2.19. The van der Waals surface area contributed by atoms with Gasteiger partial charge in [0, 0.05) is 12.8 Å². The highest BCUT2D eigenvalue weighted by Gasteiger charge is 2.33. The zero-order valence-electron chi connectivity index (χ0n) is 14.5. The van der Waals surface area contributed by atoms with Gasteiger partial charge in [-0.2, -0.15) is 0 Å². The van der Waals surface area contributed by atoms with E-state index in [1.807, 2.05) is 5.32 Å². The van der Waals surface area contributed by atoms with Gasteiger partial charge in [-0.1, -0.05) is 13.8 Å². The average molecular weight is 307 g/mol. The SMILES string of the molecule is [2H]C([2H])(N[13C](=[18O])C(C(C)C)[15N](C)C)C(=[18O])ON1C(=O)CCC1=O. The van der Waals surface area contributed by atoms with Crippen molar-refractivity contribution in [2.24, 2.45) is 5.92 Å². The molecule has 118 valence electrons. The van der Waals surface area contributed by atoms with E-state index in [0.717, 1.165) is 0 Å². The third-order valence-electron chi connectivity index (χ3n) is 2.92. The zero-order chi connectivity index (χ0) is 17.9. The first-order valence-corrected chi connectivity index (χ1v) is 6.54. The lowest BCUT2D eigenvalue weighted by molar-refractivity contribution is -0.196. The fourth-order valence-electron chi connectivity index (χ4n) is 2.08. The molecule has 0 aromatic carbocycles. The van der Waals surface area contributed by atoms with Crippen molar-refractivity contribution in [2.45, 2.75) is 32.7 Å². The molecule has 1 aliphatic heterocycles. The number of carbonyl (C=O) groups is 4. The van der Waals surface area contributed by atoms with E-state index in [1.165, 1.54) is 0 Å². The largest absolute Gasteiger partial charge is 0.352 e. The van der Waals surface area contributed by atoms with Gasteiger partial charge < -0.3 is 10.2 Å². The van der Waals surface area contributed by atoms with Gasteiger partial charge in [-0.25, -0.2) is 4.79 Å². The Morgan fingerprint density at radius 2 is 1.90 bits per heavy atom. The van der Waals surface area contributed by atoms with Crippen LogP contribution in [0.25, 0.3) is 0 Å². The molecule has 1 N–H and O–H groups in total. The molecule has 21 heavy (non-hydrogen) atoms. The molecule has 0 spiro atoms. The fraction of sp³-hybridized carbons (Fsp3) is 0.692. The molecular formula is C13H21N3O5. The first-order chi connectivity index (χ1) is 10.5. The molecule has 0 aromatic heterocycles. The van der Waals surface area contributed by atoms with E-state index in [-0.39, 0.29) is 23.8 Å². The summed E-state index contributed by atoms with van der Waals surface area (Å²) < 4.78 is 15.3. The Kier molecular flexibility index (Phi) is 4.78. The molecule has 3 amide bonds. The minimum atomic E-state index is -2.87. The van der Waals surface area contributed by atoms with Gasteiger partial charge >= 0.3 is 5.97 Å². The first kappa shape index (κ1) is 14.0. The fourth-order valence-corrected chi connectivity index (χ4v) is 2.08. The Bertz CT molecular complexity index is 498. The first-order valence-electron chi connectivity index (χ1n) is 7.54.